The fourth-order valence-corrected chi connectivity index (χ4v) is 2.32. The maximum Gasteiger partial charge on any atom is 0.251 e. The minimum absolute atomic E-state index is 0.557. The number of furan rings is 1. The molecule has 0 bridgehead atoms. The third-order valence-electron chi connectivity index (χ3n) is 3.44. The number of aromatic nitrogens is 3. The maximum absolute atomic E-state index is 5.30. The van der Waals surface area contributed by atoms with Crippen LogP contribution in [0.2, 0.25) is 0 Å². The highest BCUT2D eigenvalue weighted by molar-refractivity contribution is 5.58. The normalized spacial score (nSPS) is 10.5. The summed E-state index contributed by atoms with van der Waals surface area (Å²) in [7, 11) is 0. The highest BCUT2D eigenvalue weighted by Crippen LogP contribution is 2.23. The van der Waals surface area contributed by atoms with Crippen molar-refractivity contribution in [1.82, 2.24) is 15.2 Å². The Hall–Kier alpha value is -2.89. The third-order valence-corrected chi connectivity index (χ3v) is 3.44. The Morgan fingerprint density at radius 2 is 2.13 bits per heavy atom. The van der Waals surface area contributed by atoms with Crippen LogP contribution in [0.25, 0.3) is 0 Å². The lowest BCUT2D eigenvalue weighted by Crippen LogP contribution is -2.20. The Labute approximate surface area is 135 Å². The summed E-state index contributed by atoms with van der Waals surface area (Å²) in [6.45, 7) is 5.45. The van der Waals surface area contributed by atoms with E-state index in [1.165, 1.54) is 5.56 Å². The first-order chi connectivity index (χ1) is 11.3. The van der Waals surface area contributed by atoms with Crippen LogP contribution in [0, 0.1) is 6.92 Å². The summed E-state index contributed by atoms with van der Waals surface area (Å²) in [5.74, 6) is 2.08. The smallest absolute Gasteiger partial charge is 0.251 e. The molecule has 0 aliphatic rings. The van der Waals surface area contributed by atoms with E-state index in [1.807, 2.05) is 29.2 Å². The van der Waals surface area contributed by atoms with Gasteiger partial charge in [0.1, 0.15) is 5.76 Å². The molecule has 0 aliphatic carbocycles. The number of hydrogen-bond donors (Lipinski definition) is 1. The van der Waals surface area contributed by atoms with Crippen LogP contribution < -0.4 is 10.2 Å². The van der Waals surface area contributed by atoms with E-state index in [4.69, 9.17) is 4.42 Å². The SMILES string of the molecule is CCN(c1cccc(C)c1)c1nncc(NCc2ccco2)n1. The second-order valence-electron chi connectivity index (χ2n) is 5.16. The zero-order chi connectivity index (χ0) is 16.1. The standard InChI is InChI=1S/C17H19N5O/c1-3-22(14-7-4-6-13(2)10-14)17-20-16(12-19-21-17)18-11-15-8-5-9-23-15/h4-10,12H,3,11H2,1-2H3,(H,18,20,21). The quantitative estimate of drug-likeness (QED) is 0.751. The van der Waals surface area contributed by atoms with Gasteiger partial charge in [0.25, 0.3) is 5.95 Å². The molecule has 1 aromatic carbocycles. The van der Waals surface area contributed by atoms with Crippen molar-refractivity contribution >= 4 is 17.5 Å². The zero-order valence-electron chi connectivity index (χ0n) is 13.2. The van der Waals surface area contributed by atoms with Gasteiger partial charge in [0.2, 0.25) is 0 Å². The van der Waals surface area contributed by atoms with Gasteiger partial charge in [-0.05, 0) is 43.7 Å². The second-order valence-corrected chi connectivity index (χ2v) is 5.16. The highest BCUT2D eigenvalue weighted by atomic mass is 16.3. The number of benzene rings is 1. The molecule has 0 amide bonds. The second kappa shape index (κ2) is 6.91. The molecule has 0 atom stereocenters. The summed E-state index contributed by atoms with van der Waals surface area (Å²) in [6, 6.07) is 12.0. The minimum Gasteiger partial charge on any atom is -0.467 e. The number of anilines is 3. The molecule has 1 N–H and O–H groups in total. The minimum atomic E-state index is 0.557. The summed E-state index contributed by atoms with van der Waals surface area (Å²) in [5, 5.41) is 11.4. The first-order valence-corrected chi connectivity index (χ1v) is 7.56. The molecule has 0 spiro atoms. The van der Waals surface area contributed by atoms with Crippen molar-refractivity contribution in [3.8, 4) is 0 Å². The van der Waals surface area contributed by atoms with Crippen molar-refractivity contribution < 1.29 is 4.42 Å². The zero-order valence-corrected chi connectivity index (χ0v) is 13.2. The average Bonchev–Trinajstić information content (AvgIpc) is 3.08. The van der Waals surface area contributed by atoms with Crippen LogP contribution in [0.4, 0.5) is 17.5 Å². The van der Waals surface area contributed by atoms with Crippen LogP contribution in [0.1, 0.15) is 18.2 Å². The molecule has 0 fully saturated rings. The van der Waals surface area contributed by atoms with Crippen LogP contribution >= 0.6 is 0 Å². The van der Waals surface area contributed by atoms with E-state index in [2.05, 4.69) is 46.5 Å². The molecule has 6 nitrogen and oxygen atoms in total. The van der Waals surface area contributed by atoms with Crippen molar-refractivity contribution in [2.75, 3.05) is 16.8 Å². The molecular weight excluding hydrogens is 290 g/mol. The first-order valence-electron chi connectivity index (χ1n) is 7.56. The molecule has 0 saturated heterocycles. The van der Waals surface area contributed by atoms with Gasteiger partial charge in [-0.1, -0.05) is 12.1 Å². The van der Waals surface area contributed by atoms with Crippen LogP contribution in [-0.4, -0.2) is 21.7 Å². The summed E-state index contributed by atoms with van der Waals surface area (Å²) < 4.78 is 5.30. The molecule has 118 valence electrons. The molecule has 23 heavy (non-hydrogen) atoms. The lowest BCUT2D eigenvalue weighted by molar-refractivity contribution is 0.517. The molecule has 0 saturated carbocycles. The number of rotatable bonds is 6. The molecule has 6 heteroatoms. The van der Waals surface area contributed by atoms with Gasteiger partial charge in [-0.15, -0.1) is 5.10 Å². The topological polar surface area (TPSA) is 67.1 Å². The summed E-state index contributed by atoms with van der Waals surface area (Å²) in [5.41, 5.74) is 2.25. The fraction of sp³-hybridized carbons (Fsp3) is 0.235. The van der Waals surface area contributed by atoms with Crippen molar-refractivity contribution in [2.45, 2.75) is 20.4 Å². The molecule has 0 radical (unpaired) electrons. The predicted molar refractivity (Wildman–Crippen MR) is 89.7 cm³/mol. The van der Waals surface area contributed by atoms with E-state index in [0.717, 1.165) is 18.0 Å². The van der Waals surface area contributed by atoms with Crippen LogP contribution in [0.3, 0.4) is 0 Å². The predicted octanol–water partition coefficient (Wildman–Crippen LogP) is 3.54. The molecule has 3 rings (SSSR count). The average molecular weight is 309 g/mol. The number of nitrogens with one attached hydrogen (secondary N) is 1. The van der Waals surface area contributed by atoms with E-state index >= 15 is 0 Å². The van der Waals surface area contributed by atoms with E-state index in [-0.39, 0.29) is 0 Å². The Morgan fingerprint density at radius 1 is 1.22 bits per heavy atom. The Bertz CT molecular complexity index is 757. The van der Waals surface area contributed by atoms with Gasteiger partial charge in [0, 0.05) is 12.2 Å². The van der Waals surface area contributed by atoms with E-state index in [1.54, 1.807) is 12.5 Å². The van der Waals surface area contributed by atoms with E-state index in [9.17, 15) is 0 Å². The third kappa shape index (κ3) is 3.66. The van der Waals surface area contributed by atoms with Crippen LogP contribution in [0.5, 0.6) is 0 Å². The van der Waals surface area contributed by atoms with Gasteiger partial charge in [0.15, 0.2) is 5.82 Å². The van der Waals surface area contributed by atoms with Gasteiger partial charge in [-0.3, -0.25) is 0 Å². The Kier molecular flexibility index (Phi) is 4.52. The van der Waals surface area contributed by atoms with Crippen molar-refractivity contribution in [3.63, 3.8) is 0 Å². The Balaban J connectivity index is 1.79. The Morgan fingerprint density at radius 3 is 2.87 bits per heavy atom. The first kappa shape index (κ1) is 15.0. The molecule has 0 aliphatic heterocycles. The highest BCUT2D eigenvalue weighted by Gasteiger charge is 2.12. The van der Waals surface area contributed by atoms with Crippen LogP contribution in [0.15, 0.2) is 53.3 Å². The lowest BCUT2D eigenvalue weighted by atomic mass is 10.2. The lowest BCUT2D eigenvalue weighted by Gasteiger charge is -2.21. The monoisotopic (exact) mass is 309 g/mol. The van der Waals surface area contributed by atoms with Crippen molar-refractivity contribution in [3.05, 3.63) is 60.2 Å². The summed E-state index contributed by atoms with van der Waals surface area (Å²) in [4.78, 5) is 6.57. The van der Waals surface area contributed by atoms with Crippen molar-refractivity contribution in [2.24, 2.45) is 0 Å². The molecule has 3 aromatic rings. The fourth-order valence-electron chi connectivity index (χ4n) is 2.32. The number of aryl methyl sites for hydroxylation is 1. The summed E-state index contributed by atoms with van der Waals surface area (Å²) >= 11 is 0. The summed E-state index contributed by atoms with van der Waals surface area (Å²) in [6.07, 6.45) is 3.26. The van der Waals surface area contributed by atoms with Crippen LogP contribution in [-0.2, 0) is 6.54 Å². The molecule has 2 aromatic heterocycles. The number of hydrogen-bond acceptors (Lipinski definition) is 6. The van der Waals surface area contributed by atoms with Gasteiger partial charge < -0.3 is 14.6 Å². The van der Waals surface area contributed by atoms with E-state index < -0.39 is 0 Å². The van der Waals surface area contributed by atoms with Gasteiger partial charge in [-0.2, -0.15) is 10.1 Å². The number of nitrogens with zero attached hydrogens (tertiary/aromatic N) is 4. The largest absolute Gasteiger partial charge is 0.467 e. The van der Waals surface area contributed by atoms with Gasteiger partial charge in [0.05, 0.1) is 19.0 Å². The van der Waals surface area contributed by atoms with Gasteiger partial charge in [-0.25, -0.2) is 0 Å². The molecule has 2 heterocycles. The molecular formula is C17H19N5O. The maximum atomic E-state index is 5.30. The molecule has 0 unspecified atom stereocenters. The van der Waals surface area contributed by atoms with Gasteiger partial charge >= 0.3 is 0 Å². The van der Waals surface area contributed by atoms with E-state index in [0.29, 0.717) is 18.3 Å². The van der Waals surface area contributed by atoms with Crippen molar-refractivity contribution in [1.29, 1.82) is 0 Å².